The summed E-state index contributed by atoms with van der Waals surface area (Å²) in [5.41, 5.74) is 3.51. The van der Waals surface area contributed by atoms with E-state index in [-0.39, 0.29) is 18.2 Å². The van der Waals surface area contributed by atoms with Gasteiger partial charge in [-0.3, -0.25) is 14.6 Å². The highest BCUT2D eigenvalue weighted by Gasteiger charge is 2.45. The summed E-state index contributed by atoms with van der Waals surface area (Å²) in [6, 6.07) is 24.1. The van der Waals surface area contributed by atoms with Gasteiger partial charge in [0, 0.05) is 32.0 Å². The molecule has 5 nitrogen and oxygen atoms in total. The molecule has 2 aromatic carbocycles. The SMILES string of the molecule is CNC(=O)[C@@]1(Cc2cccc(-c3ccccc3)c2)CCN(C(=O)Cc2ccccn2)C1. The molecule has 2 amide bonds. The highest BCUT2D eigenvalue weighted by atomic mass is 16.2. The van der Waals surface area contributed by atoms with Crippen LogP contribution in [0.4, 0.5) is 0 Å². The van der Waals surface area contributed by atoms with Crippen LogP contribution in [0.1, 0.15) is 17.7 Å². The van der Waals surface area contributed by atoms with Crippen molar-refractivity contribution in [2.24, 2.45) is 5.41 Å². The van der Waals surface area contributed by atoms with Crippen molar-refractivity contribution in [1.29, 1.82) is 0 Å². The van der Waals surface area contributed by atoms with Gasteiger partial charge >= 0.3 is 0 Å². The van der Waals surface area contributed by atoms with Crippen molar-refractivity contribution in [3.8, 4) is 11.1 Å². The summed E-state index contributed by atoms with van der Waals surface area (Å²) in [7, 11) is 1.67. The lowest BCUT2D eigenvalue weighted by Crippen LogP contribution is -2.44. The van der Waals surface area contributed by atoms with E-state index in [0.29, 0.717) is 25.9 Å². The number of hydrogen-bond acceptors (Lipinski definition) is 3. The number of rotatable bonds is 6. The molecule has 1 fully saturated rings. The summed E-state index contributed by atoms with van der Waals surface area (Å²) < 4.78 is 0. The van der Waals surface area contributed by atoms with Crippen molar-refractivity contribution in [1.82, 2.24) is 15.2 Å². The third-order valence-electron chi connectivity index (χ3n) is 6.05. The third kappa shape index (κ3) is 4.66. The molecule has 31 heavy (non-hydrogen) atoms. The number of nitrogens with one attached hydrogen (secondary N) is 1. The molecule has 1 aliphatic rings. The van der Waals surface area contributed by atoms with E-state index in [1.807, 2.05) is 47.4 Å². The van der Waals surface area contributed by atoms with E-state index in [1.54, 1.807) is 13.2 Å². The Morgan fingerprint density at radius 1 is 1.00 bits per heavy atom. The van der Waals surface area contributed by atoms with Gasteiger partial charge in [-0.1, -0.05) is 60.7 Å². The number of pyridine rings is 1. The standard InChI is InChI=1S/C26H27N3O2/c1-27-25(31)26(13-15-29(19-26)24(30)17-23-12-5-6-14-28-23)18-20-8-7-11-22(16-20)21-9-3-2-4-10-21/h2-12,14,16H,13,15,17-19H2,1H3,(H,27,31)/t26-/m1/s1. The average molecular weight is 414 g/mol. The molecule has 1 N–H and O–H groups in total. The number of likely N-dealkylation sites (tertiary alicyclic amines) is 1. The van der Waals surface area contributed by atoms with E-state index in [2.05, 4.69) is 40.6 Å². The quantitative estimate of drug-likeness (QED) is 0.673. The Bertz CT molecular complexity index is 1050. The van der Waals surface area contributed by atoms with E-state index in [0.717, 1.165) is 22.4 Å². The second-order valence-electron chi connectivity index (χ2n) is 8.17. The molecule has 5 heteroatoms. The Morgan fingerprint density at radius 3 is 2.52 bits per heavy atom. The van der Waals surface area contributed by atoms with Crippen molar-refractivity contribution in [3.63, 3.8) is 0 Å². The van der Waals surface area contributed by atoms with Crippen LogP contribution in [0.15, 0.2) is 79.0 Å². The van der Waals surface area contributed by atoms with Crippen LogP contribution in [0.3, 0.4) is 0 Å². The van der Waals surface area contributed by atoms with Gasteiger partial charge in [-0.25, -0.2) is 0 Å². The molecule has 0 aliphatic carbocycles. The van der Waals surface area contributed by atoms with Crippen LogP contribution < -0.4 is 5.32 Å². The first-order valence-corrected chi connectivity index (χ1v) is 10.6. The Labute approximate surface area is 183 Å². The van der Waals surface area contributed by atoms with Crippen LogP contribution in [0.2, 0.25) is 0 Å². The Balaban J connectivity index is 1.53. The fourth-order valence-corrected chi connectivity index (χ4v) is 4.41. The maximum atomic E-state index is 13.0. The molecule has 0 radical (unpaired) electrons. The van der Waals surface area contributed by atoms with Crippen LogP contribution in [0, 0.1) is 5.41 Å². The van der Waals surface area contributed by atoms with Gasteiger partial charge in [0.1, 0.15) is 0 Å². The number of carbonyl (C=O) groups excluding carboxylic acids is 2. The zero-order chi connectivity index (χ0) is 21.7. The summed E-state index contributed by atoms with van der Waals surface area (Å²) >= 11 is 0. The Kier molecular flexibility index (Phi) is 6.12. The number of aromatic nitrogens is 1. The van der Waals surface area contributed by atoms with E-state index >= 15 is 0 Å². The highest BCUT2D eigenvalue weighted by molar-refractivity contribution is 5.86. The molecule has 3 aromatic rings. The van der Waals surface area contributed by atoms with Gasteiger partial charge in [0.15, 0.2) is 0 Å². The van der Waals surface area contributed by atoms with Crippen molar-refractivity contribution >= 4 is 11.8 Å². The molecular formula is C26H27N3O2. The molecule has 1 aromatic heterocycles. The zero-order valence-corrected chi connectivity index (χ0v) is 17.8. The van der Waals surface area contributed by atoms with Gasteiger partial charge < -0.3 is 10.2 Å². The van der Waals surface area contributed by atoms with Crippen LogP contribution in [-0.2, 0) is 22.4 Å². The number of amides is 2. The van der Waals surface area contributed by atoms with Crippen LogP contribution in [-0.4, -0.2) is 41.8 Å². The second-order valence-corrected chi connectivity index (χ2v) is 8.17. The van der Waals surface area contributed by atoms with Crippen LogP contribution >= 0.6 is 0 Å². The molecule has 4 rings (SSSR count). The summed E-state index contributed by atoms with van der Waals surface area (Å²) in [6.07, 6.45) is 3.20. The molecule has 0 spiro atoms. The summed E-state index contributed by atoms with van der Waals surface area (Å²) in [4.78, 5) is 31.9. The second kappa shape index (κ2) is 9.13. The smallest absolute Gasteiger partial charge is 0.228 e. The predicted octanol–water partition coefficient (Wildman–Crippen LogP) is 3.50. The largest absolute Gasteiger partial charge is 0.359 e. The summed E-state index contributed by atoms with van der Waals surface area (Å²) in [6.45, 7) is 1.01. The number of hydrogen-bond donors (Lipinski definition) is 1. The monoisotopic (exact) mass is 413 g/mol. The fraction of sp³-hybridized carbons (Fsp3) is 0.269. The third-order valence-corrected chi connectivity index (χ3v) is 6.05. The topological polar surface area (TPSA) is 62.3 Å². The minimum absolute atomic E-state index is 0.00856. The fourth-order valence-electron chi connectivity index (χ4n) is 4.41. The summed E-state index contributed by atoms with van der Waals surface area (Å²) in [5.74, 6) is 0.00765. The molecule has 0 saturated carbocycles. The van der Waals surface area contributed by atoms with Gasteiger partial charge in [0.05, 0.1) is 11.8 Å². The van der Waals surface area contributed by atoms with Gasteiger partial charge in [-0.05, 0) is 41.7 Å². The maximum Gasteiger partial charge on any atom is 0.228 e. The van der Waals surface area contributed by atoms with E-state index < -0.39 is 5.41 Å². The van der Waals surface area contributed by atoms with Crippen molar-refractivity contribution in [3.05, 3.63) is 90.3 Å². The lowest BCUT2D eigenvalue weighted by atomic mass is 9.79. The molecule has 158 valence electrons. The number of benzene rings is 2. The molecular weight excluding hydrogens is 386 g/mol. The van der Waals surface area contributed by atoms with Crippen molar-refractivity contribution < 1.29 is 9.59 Å². The van der Waals surface area contributed by atoms with E-state index in [4.69, 9.17) is 0 Å². The van der Waals surface area contributed by atoms with Crippen LogP contribution in [0.5, 0.6) is 0 Å². The Morgan fingerprint density at radius 2 is 1.77 bits per heavy atom. The molecule has 0 bridgehead atoms. The molecule has 0 unspecified atom stereocenters. The highest BCUT2D eigenvalue weighted by Crippen LogP contribution is 2.36. The normalized spacial score (nSPS) is 18.0. The maximum absolute atomic E-state index is 13.0. The zero-order valence-electron chi connectivity index (χ0n) is 17.8. The number of nitrogens with zero attached hydrogens (tertiary/aromatic N) is 2. The van der Waals surface area contributed by atoms with Crippen molar-refractivity contribution in [2.45, 2.75) is 19.3 Å². The first-order valence-electron chi connectivity index (χ1n) is 10.6. The predicted molar refractivity (Wildman–Crippen MR) is 121 cm³/mol. The van der Waals surface area contributed by atoms with Crippen LogP contribution in [0.25, 0.3) is 11.1 Å². The minimum atomic E-state index is -0.621. The minimum Gasteiger partial charge on any atom is -0.359 e. The van der Waals surface area contributed by atoms with Gasteiger partial charge in [-0.15, -0.1) is 0 Å². The van der Waals surface area contributed by atoms with E-state index in [9.17, 15) is 9.59 Å². The lowest BCUT2D eigenvalue weighted by Gasteiger charge is -2.28. The lowest BCUT2D eigenvalue weighted by molar-refractivity contribution is -0.132. The Hall–Kier alpha value is -3.47. The van der Waals surface area contributed by atoms with Crippen molar-refractivity contribution in [2.75, 3.05) is 20.1 Å². The van der Waals surface area contributed by atoms with E-state index in [1.165, 1.54) is 0 Å². The summed E-state index contributed by atoms with van der Waals surface area (Å²) in [5, 5.41) is 2.83. The van der Waals surface area contributed by atoms with Gasteiger partial charge in [0.25, 0.3) is 0 Å². The molecule has 1 aliphatic heterocycles. The first-order chi connectivity index (χ1) is 15.1. The molecule has 2 heterocycles. The average Bonchev–Trinajstić information content (AvgIpc) is 3.25. The molecule has 1 atom stereocenters. The van der Waals surface area contributed by atoms with Gasteiger partial charge in [0.2, 0.25) is 11.8 Å². The number of carbonyl (C=O) groups is 2. The van der Waals surface area contributed by atoms with Gasteiger partial charge in [-0.2, -0.15) is 0 Å². The first kappa shape index (κ1) is 20.8. The molecule has 1 saturated heterocycles.